The smallest absolute Gasteiger partial charge is 0.129 e. The third kappa shape index (κ3) is 2.70. The van der Waals surface area contributed by atoms with Crippen molar-refractivity contribution in [2.75, 3.05) is 11.9 Å². The molecular formula is C9H13N3. The first kappa shape index (κ1) is 8.71. The Bertz CT molecular complexity index is 258. The van der Waals surface area contributed by atoms with Gasteiger partial charge in [0.05, 0.1) is 0 Å². The fourth-order valence-corrected chi connectivity index (χ4v) is 0.857. The molecule has 0 saturated heterocycles. The highest BCUT2D eigenvalue weighted by atomic mass is 15.0. The van der Waals surface area contributed by atoms with E-state index < -0.39 is 0 Å². The van der Waals surface area contributed by atoms with Gasteiger partial charge in [0, 0.05) is 12.7 Å². The molecule has 0 aliphatic heterocycles. The van der Waals surface area contributed by atoms with Crippen LogP contribution in [-0.2, 0) is 0 Å². The van der Waals surface area contributed by atoms with E-state index >= 15 is 0 Å². The maximum Gasteiger partial charge on any atom is 0.129 e. The third-order valence-corrected chi connectivity index (χ3v) is 1.43. The molecule has 0 atom stereocenters. The lowest BCUT2D eigenvalue weighted by Gasteiger charge is -2.02. The van der Waals surface area contributed by atoms with Crippen LogP contribution >= 0.6 is 0 Å². The number of hydrogen-bond acceptors (Lipinski definition) is 3. The molecule has 1 N–H and O–H groups in total. The molecule has 0 aliphatic carbocycles. The Morgan fingerprint density at radius 3 is 3.17 bits per heavy atom. The normalized spacial score (nSPS) is 9.42. The van der Waals surface area contributed by atoms with Gasteiger partial charge in [-0.05, 0) is 19.4 Å². The quantitative estimate of drug-likeness (QED) is 0.543. The summed E-state index contributed by atoms with van der Waals surface area (Å²) in [5, 5.41) is 3.16. The van der Waals surface area contributed by atoms with Gasteiger partial charge in [0.2, 0.25) is 0 Å². The molecule has 12 heavy (non-hydrogen) atoms. The van der Waals surface area contributed by atoms with Gasteiger partial charge in [0.25, 0.3) is 0 Å². The minimum atomic E-state index is 0.790. The molecule has 64 valence electrons. The number of nitrogens with one attached hydrogen (secondary N) is 1. The van der Waals surface area contributed by atoms with Crippen molar-refractivity contribution in [1.29, 1.82) is 0 Å². The van der Waals surface area contributed by atoms with Crippen LogP contribution in [-0.4, -0.2) is 16.5 Å². The standard InChI is InChI=1S/C9H13N3/c1-3-4-6-11-9-5-7-10-8(2)12-9/h3,5,7H,1,4,6H2,2H3,(H,10,11,12). The Morgan fingerprint density at radius 1 is 1.67 bits per heavy atom. The zero-order valence-corrected chi connectivity index (χ0v) is 7.25. The molecule has 0 fully saturated rings. The first-order valence-corrected chi connectivity index (χ1v) is 3.97. The second-order valence-electron chi connectivity index (χ2n) is 2.49. The molecule has 3 heteroatoms. The third-order valence-electron chi connectivity index (χ3n) is 1.43. The van der Waals surface area contributed by atoms with E-state index in [9.17, 15) is 0 Å². The Morgan fingerprint density at radius 2 is 2.50 bits per heavy atom. The van der Waals surface area contributed by atoms with Crippen LogP contribution in [0.3, 0.4) is 0 Å². The van der Waals surface area contributed by atoms with Crippen molar-refractivity contribution in [3.05, 3.63) is 30.7 Å². The van der Waals surface area contributed by atoms with Crippen LogP contribution in [0.4, 0.5) is 5.82 Å². The zero-order valence-electron chi connectivity index (χ0n) is 7.25. The molecule has 0 bridgehead atoms. The van der Waals surface area contributed by atoms with Crippen LogP contribution in [0.2, 0.25) is 0 Å². The lowest BCUT2D eigenvalue weighted by molar-refractivity contribution is 1.00. The van der Waals surface area contributed by atoms with Gasteiger partial charge in [-0.1, -0.05) is 6.08 Å². The minimum Gasteiger partial charge on any atom is -0.370 e. The Labute approximate surface area is 72.6 Å². The van der Waals surface area contributed by atoms with E-state index in [1.165, 1.54) is 0 Å². The fraction of sp³-hybridized carbons (Fsp3) is 0.333. The topological polar surface area (TPSA) is 37.8 Å². The van der Waals surface area contributed by atoms with Crippen LogP contribution in [0, 0.1) is 6.92 Å². The zero-order chi connectivity index (χ0) is 8.81. The summed E-state index contributed by atoms with van der Waals surface area (Å²) in [4.78, 5) is 8.19. The maximum absolute atomic E-state index is 4.19. The highest BCUT2D eigenvalue weighted by Crippen LogP contribution is 2.00. The molecule has 1 aromatic heterocycles. The van der Waals surface area contributed by atoms with Gasteiger partial charge in [0.15, 0.2) is 0 Å². The van der Waals surface area contributed by atoms with Crippen molar-refractivity contribution in [3.63, 3.8) is 0 Å². The second kappa shape index (κ2) is 4.49. The molecule has 1 rings (SSSR count). The Balaban J connectivity index is 2.46. The van der Waals surface area contributed by atoms with E-state index in [0.29, 0.717) is 0 Å². The molecule has 0 saturated carbocycles. The van der Waals surface area contributed by atoms with Gasteiger partial charge in [-0.3, -0.25) is 0 Å². The average molecular weight is 163 g/mol. The van der Waals surface area contributed by atoms with E-state index in [4.69, 9.17) is 0 Å². The minimum absolute atomic E-state index is 0.790. The van der Waals surface area contributed by atoms with Gasteiger partial charge in [-0.2, -0.15) is 0 Å². The first-order chi connectivity index (χ1) is 5.83. The summed E-state index contributed by atoms with van der Waals surface area (Å²) in [6, 6.07) is 1.86. The van der Waals surface area contributed by atoms with Crippen LogP contribution in [0.1, 0.15) is 12.2 Å². The maximum atomic E-state index is 4.19. The van der Waals surface area contributed by atoms with Crippen LogP contribution in [0.25, 0.3) is 0 Å². The van der Waals surface area contributed by atoms with E-state index in [-0.39, 0.29) is 0 Å². The SMILES string of the molecule is C=CCCNc1ccnc(C)n1. The molecule has 1 heterocycles. The molecule has 0 unspecified atom stereocenters. The predicted molar refractivity (Wildman–Crippen MR) is 50.1 cm³/mol. The molecule has 0 aliphatic rings. The van der Waals surface area contributed by atoms with Crippen molar-refractivity contribution in [3.8, 4) is 0 Å². The Kier molecular flexibility index (Phi) is 3.26. The summed E-state index contributed by atoms with van der Waals surface area (Å²) in [5.41, 5.74) is 0. The number of nitrogens with zero attached hydrogens (tertiary/aromatic N) is 2. The fourth-order valence-electron chi connectivity index (χ4n) is 0.857. The first-order valence-electron chi connectivity index (χ1n) is 3.97. The summed E-state index contributed by atoms with van der Waals surface area (Å²) < 4.78 is 0. The number of aryl methyl sites for hydroxylation is 1. The number of anilines is 1. The van der Waals surface area contributed by atoms with Crippen molar-refractivity contribution >= 4 is 5.82 Å². The van der Waals surface area contributed by atoms with Crippen molar-refractivity contribution in [2.24, 2.45) is 0 Å². The number of hydrogen-bond donors (Lipinski definition) is 1. The number of aromatic nitrogens is 2. The summed E-state index contributed by atoms with van der Waals surface area (Å²) in [6.07, 6.45) is 4.57. The monoisotopic (exact) mass is 163 g/mol. The van der Waals surface area contributed by atoms with Crippen LogP contribution < -0.4 is 5.32 Å². The van der Waals surface area contributed by atoms with Crippen LogP contribution in [0.5, 0.6) is 0 Å². The van der Waals surface area contributed by atoms with Gasteiger partial charge < -0.3 is 5.32 Å². The predicted octanol–water partition coefficient (Wildman–Crippen LogP) is 1.77. The van der Waals surface area contributed by atoms with E-state index in [1.807, 2.05) is 19.1 Å². The van der Waals surface area contributed by atoms with Gasteiger partial charge in [-0.15, -0.1) is 6.58 Å². The van der Waals surface area contributed by atoms with Crippen molar-refractivity contribution in [1.82, 2.24) is 9.97 Å². The molecule has 3 nitrogen and oxygen atoms in total. The second-order valence-corrected chi connectivity index (χ2v) is 2.49. The molecule has 1 aromatic rings. The molecule has 0 spiro atoms. The average Bonchev–Trinajstić information content (AvgIpc) is 2.05. The molecule has 0 radical (unpaired) electrons. The van der Waals surface area contributed by atoms with E-state index in [0.717, 1.165) is 24.6 Å². The lowest BCUT2D eigenvalue weighted by Crippen LogP contribution is -2.03. The lowest BCUT2D eigenvalue weighted by atomic mass is 10.4. The molecule has 0 aromatic carbocycles. The summed E-state index contributed by atoms with van der Waals surface area (Å²) in [5.74, 6) is 1.67. The molecular weight excluding hydrogens is 150 g/mol. The summed E-state index contributed by atoms with van der Waals surface area (Å²) in [7, 11) is 0. The summed E-state index contributed by atoms with van der Waals surface area (Å²) >= 11 is 0. The van der Waals surface area contributed by atoms with Crippen molar-refractivity contribution < 1.29 is 0 Å². The largest absolute Gasteiger partial charge is 0.370 e. The van der Waals surface area contributed by atoms with Gasteiger partial charge in [0.1, 0.15) is 11.6 Å². The highest BCUT2D eigenvalue weighted by Gasteiger charge is 1.91. The molecule has 0 amide bonds. The van der Waals surface area contributed by atoms with E-state index in [1.54, 1.807) is 6.20 Å². The number of rotatable bonds is 4. The van der Waals surface area contributed by atoms with E-state index in [2.05, 4.69) is 21.9 Å². The Hall–Kier alpha value is -1.38. The summed E-state index contributed by atoms with van der Waals surface area (Å²) in [6.45, 7) is 6.39. The highest BCUT2D eigenvalue weighted by molar-refractivity contribution is 5.32. The van der Waals surface area contributed by atoms with Crippen molar-refractivity contribution in [2.45, 2.75) is 13.3 Å². The van der Waals surface area contributed by atoms with Crippen LogP contribution in [0.15, 0.2) is 24.9 Å². The van der Waals surface area contributed by atoms with Gasteiger partial charge in [-0.25, -0.2) is 9.97 Å². The van der Waals surface area contributed by atoms with Gasteiger partial charge >= 0.3 is 0 Å².